The number of rotatable bonds is 2. The average molecular weight is 312 g/mol. The Morgan fingerprint density at radius 2 is 1.73 bits per heavy atom. The third-order valence-electron chi connectivity index (χ3n) is 4.37. The van der Waals surface area contributed by atoms with Gasteiger partial charge in [-0.2, -0.15) is 0 Å². The first-order valence-corrected chi connectivity index (χ1v) is 8.14. The van der Waals surface area contributed by atoms with E-state index in [9.17, 15) is 0 Å². The standard InChI is InChI=1S/C18H18ClN3/c19-14-7-5-13(6-8-14)18-21-16-3-1-2-4-17(16)22(18)15-9-11-20-12-10-15/h1-8,15,20H,9-12H2. The largest absolute Gasteiger partial charge is 0.321 e. The van der Waals surface area contributed by atoms with Crippen molar-refractivity contribution in [2.75, 3.05) is 13.1 Å². The fourth-order valence-electron chi connectivity index (χ4n) is 3.28. The Morgan fingerprint density at radius 1 is 1.00 bits per heavy atom. The summed E-state index contributed by atoms with van der Waals surface area (Å²) in [4.78, 5) is 4.89. The number of benzene rings is 2. The number of aromatic nitrogens is 2. The van der Waals surface area contributed by atoms with E-state index in [0.29, 0.717) is 6.04 Å². The summed E-state index contributed by atoms with van der Waals surface area (Å²) in [5, 5.41) is 4.20. The summed E-state index contributed by atoms with van der Waals surface area (Å²) in [5.74, 6) is 1.05. The van der Waals surface area contributed by atoms with Crippen LogP contribution in [0.5, 0.6) is 0 Å². The zero-order valence-electron chi connectivity index (χ0n) is 12.3. The Hall–Kier alpha value is -1.84. The number of hydrogen-bond donors (Lipinski definition) is 1. The molecule has 4 heteroatoms. The van der Waals surface area contributed by atoms with E-state index in [1.807, 2.05) is 18.2 Å². The highest BCUT2D eigenvalue weighted by molar-refractivity contribution is 6.30. The van der Waals surface area contributed by atoms with Gasteiger partial charge in [0.25, 0.3) is 0 Å². The van der Waals surface area contributed by atoms with Gasteiger partial charge in [-0.05, 0) is 62.3 Å². The molecule has 4 rings (SSSR count). The Labute approximate surface area is 134 Å². The van der Waals surface area contributed by atoms with Gasteiger partial charge >= 0.3 is 0 Å². The van der Waals surface area contributed by atoms with Crippen molar-refractivity contribution in [1.29, 1.82) is 0 Å². The van der Waals surface area contributed by atoms with Crippen molar-refractivity contribution in [2.24, 2.45) is 0 Å². The minimum atomic E-state index is 0.499. The van der Waals surface area contributed by atoms with E-state index < -0.39 is 0 Å². The minimum Gasteiger partial charge on any atom is -0.321 e. The number of imidazole rings is 1. The highest BCUT2D eigenvalue weighted by Crippen LogP contribution is 2.32. The first-order chi connectivity index (χ1) is 10.8. The van der Waals surface area contributed by atoms with Gasteiger partial charge in [-0.1, -0.05) is 23.7 Å². The second-order valence-electron chi connectivity index (χ2n) is 5.78. The van der Waals surface area contributed by atoms with Crippen LogP contribution >= 0.6 is 11.6 Å². The highest BCUT2D eigenvalue weighted by Gasteiger charge is 2.21. The molecule has 112 valence electrons. The fourth-order valence-corrected chi connectivity index (χ4v) is 3.41. The quantitative estimate of drug-likeness (QED) is 0.765. The van der Waals surface area contributed by atoms with Crippen LogP contribution in [0.1, 0.15) is 18.9 Å². The second kappa shape index (κ2) is 5.75. The van der Waals surface area contributed by atoms with Crippen LogP contribution in [-0.2, 0) is 0 Å². The van der Waals surface area contributed by atoms with Crippen LogP contribution in [0.25, 0.3) is 22.4 Å². The number of halogens is 1. The molecule has 0 spiro atoms. The maximum Gasteiger partial charge on any atom is 0.141 e. The van der Waals surface area contributed by atoms with Crippen LogP contribution in [0, 0.1) is 0 Å². The number of hydrogen-bond acceptors (Lipinski definition) is 2. The van der Waals surface area contributed by atoms with Gasteiger partial charge in [-0.25, -0.2) is 4.98 Å². The lowest BCUT2D eigenvalue weighted by atomic mass is 10.1. The molecule has 1 aliphatic heterocycles. The highest BCUT2D eigenvalue weighted by atomic mass is 35.5. The molecular weight excluding hydrogens is 294 g/mol. The van der Waals surface area contributed by atoms with Crippen LogP contribution in [0.2, 0.25) is 5.02 Å². The van der Waals surface area contributed by atoms with Gasteiger partial charge in [0.2, 0.25) is 0 Å². The van der Waals surface area contributed by atoms with Crippen LogP contribution in [0.15, 0.2) is 48.5 Å². The average Bonchev–Trinajstić information content (AvgIpc) is 2.96. The monoisotopic (exact) mass is 311 g/mol. The summed E-state index contributed by atoms with van der Waals surface area (Å²) in [7, 11) is 0. The molecule has 0 aliphatic carbocycles. The van der Waals surface area contributed by atoms with Gasteiger partial charge in [0.05, 0.1) is 11.0 Å². The predicted octanol–water partition coefficient (Wildman–Crippen LogP) is 4.28. The topological polar surface area (TPSA) is 29.9 Å². The van der Waals surface area contributed by atoms with E-state index in [0.717, 1.165) is 47.9 Å². The molecule has 22 heavy (non-hydrogen) atoms. The molecule has 1 N–H and O–H groups in total. The Bertz CT molecular complexity index is 786. The molecule has 0 atom stereocenters. The molecule has 1 fully saturated rings. The van der Waals surface area contributed by atoms with Crippen LogP contribution in [0.3, 0.4) is 0 Å². The first kappa shape index (κ1) is 13.8. The van der Waals surface area contributed by atoms with Crippen molar-refractivity contribution in [3.8, 4) is 11.4 Å². The summed E-state index contributed by atoms with van der Waals surface area (Å²) in [5.41, 5.74) is 3.41. The molecular formula is C18H18ClN3. The molecule has 2 heterocycles. The van der Waals surface area contributed by atoms with Gasteiger partial charge in [-0.3, -0.25) is 0 Å². The van der Waals surface area contributed by atoms with Crippen molar-refractivity contribution in [2.45, 2.75) is 18.9 Å². The van der Waals surface area contributed by atoms with Crippen LogP contribution < -0.4 is 5.32 Å². The third kappa shape index (κ3) is 2.40. The molecule has 1 aromatic heterocycles. The van der Waals surface area contributed by atoms with E-state index in [-0.39, 0.29) is 0 Å². The lowest BCUT2D eigenvalue weighted by molar-refractivity contribution is 0.377. The SMILES string of the molecule is Clc1ccc(-c2nc3ccccc3n2C2CCNCC2)cc1. The summed E-state index contributed by atoms with van der Waals surface area (Å²) in [6.07, 6.45) is 2.28. The van der Waals surface area contributed by atoms with Crippen molar-refractivity contribution in [3.05, 3.63) is 53.6 Å². The maximum absolute atomic E-state index is 6.03. The third-order valence-corrected chi connectivity index (χ3v) is 4.62. The summed E-state index contributed by atoms with van der Waals surface area (Å²) in [6, 6.07) is 16.9. The maximum atomic E-state index is 6.03. The van der Waals surface area contributed by atoms with E-state index in [4.69, 9.17) is 16.6 Å². The molecule has 3 aromatic rings. The Morgan fingerprint density at radius 3 is 2.50 bits per heavy atom. The van der Waals surface area contributed by atoms with E-state index in [2.05, 4.69) is 40.2 Å². The normalized spacial score (nSPS) is 16.2. The molecule has 0 radical (unpaired) electrons. The molecule has 0 saturated carbocycles. The van der Waals surface area contributed by atoms with E-state index in [1.165, 1.54) is 5.52 Å². The van der Waals surface area contributed by atoms with Crippen LogP contribution in [0.4, 0.5) is 0 Å². The second-order valence-corrected chi connectivity index (χ2v) is 6.22. The first-order valence-electron chi connectivity index (χ1n) is 7.76. The number of nitrogens with one attached hydrogen (secondary N) is 1. The fraction of sp³-hybridized carbons (Fsp3) is 0.278. The summed E-state index contributed by atoms with van der Waals surface area (Å²) in [6.45, 7) is 2.13. The van der Waals surface area contributed by atoms with Gasteiger partial charge in [0.1, 0.15) is 5.82 Å². The van der Waals surface area contributed by atoms with Crippen molar-refractivity contribution < 1.29 is 0 Å². The zero-order valence-corrected chi connectivity index (χ0v) is 13.1. The summed E-state index contributed by atoms with van der Waals surface area (Å²) >= 11 is 6.03. The molecule has 2 aromatic carbocycles. The summed E-state index contributed by atoms with van der Waals surface area (Å²) < 4.78 is 2.42. The van der Waals surface area contributed by atoms with Crippen molar-refractivity contribution >= 4 is 22.6 Å². The molecule has 1 aliphatic rings. The van der Waals surface area contributed by atoms with Gasteiger partial charge in [0, 0.05) is 16.6 Å². The molecule has 0 amide bonds. The molecule has 0 bridgehead atoms. The number of fused-ring (bicyclic) bond motifs is 1. The van der Waals surface area contributed by atoms with Crippen molar-refractivity contribution in [3.63, 3.8) is 0 Å². The minimum absolute atomic E-state index is 0.499. The number of para-hydroxylation sites is 2. The molecule has 1 saturated heterocycles. The zero-order chi connectivity index (χ0) is 14.9. The Balaban J connectivity index is 1.90. The van der Waals surface area contributed by atoms with Gasteiger partial charge < -0.3 is 9.88 Å². The molecule has 3 nitrogen and oxygen atoms in total. The predicted molar refractivity (Wildman–Crippen MR) is 91.3 cm³/mol. The lowest BCUT2D eigenvalue weighted by Crippen LogP contribution is -2.29. The number of piperidine rings is 1. The molecule has 0 unspecified atom stereocenters. The van der Waals surface area contributed by atoms with E-state index >= 15 is 0 Å². The van der Waals surface area contributed by atoms with Crippen LogP contribution in [-0.4, -0.2) is 22.6 Å². The van der Waals surface area contributed by atoms with Gasteiger partial charge in [-0.15, -0.1) is 0 Å². The van der Waals surface area contributed by atoms with Crippen molar-refractivity contribution in [1.82, 2.24) is 14.9 Å². The number of nitrogens with zero attached hydrogens (tertiary/aromatic N) is 2. The Kier molecular flexibility index (Phi) is 3.60. The van der Waals surface area contributed by atoms with E-state index in [1.54, 1.807) is 0 Å². The lowest BCUT2D eigenvalue weighted by Gasteiger charge is -2.26. The smallest absolute Gasteiger partial charge is 0.141 e. The van der Waals surface area contributed by atoms with Gasteiger partial charge in [0.15, 0.2) is 0 Å².